The lowest BCUT2D eigenvalue weighted by atomic mass is 10.2. The number of nitro groups is 1. The lowest BCUT2D eigenvalue weighted by molar-refractivity contribution is -0.384. The number of hydrogen-bond acceptors (Lipinski definition) is 3. The first-order valence-corrected chi connectivity index (χ1v) is 4.98. The summed E-state index contributed by atoms with van der Waals surface area (Å²) in [6, 6.07) is 5.92. The van der Waals surface area contributed by atoms with Crippen molar-refractivity contribution in [2.45, 2.75) is 0 Å². The Kier molecular flexibility index (Phi) is 2.55. The number of carbonyl (C=O) groups excluding carboxylic acids is 1. The first-order chi connectivity index (χ1) is 8.00. The van der Waals surface area contributed by atoms with Crippen molar-refractivity contribution >= 4 is 22.6 Å². The normalized spacial score (nSPS) is 10.5. The highest BCUT2D eigenvalue weighted by atomic mass is 16.6. The summed E-state index contributed by atoms with van der Waals surface area (Å²) in [6.07, 6.45) is 1.61. The molecule has 0 saturated carbocycles. The van der Waals surface area contributed by atoms with Gasteiger partial charge in [0.15, 0.2) is 0 Å². The Labute approximate surface area is 97.2 Å². The van der Waals surface area contributed by atoms with Gasteiger partial charge in [0.05, 0.1) is 10.4 Å². The van der Waals surface area contributed by atoms with Crippen LogP contribution in [0.3, 0.4) is 0 Å². The van der Waals surface area contributed by atoms with Gasteiger partial charge in [0.1, 0.15) is 0 Å². The van der Waals surface area contributed by atoms with Gasteiger partial charge in [-0.1, -0.05) is 0 Å². The molecule has 0 aliphatic heterocycles. The van der Waals surface area contributed by atoms with Gasteiger partial charge >= 0.3 is 6.03 Å². The Balaban J connectivity index is 2.56. The average Bonchev–Trinajstić information content (AvgIpc) is 2.70. The van der Waals surface area contributed by atoms with Crippen molar-refractivity contribution in [2.24, 2.45) is 0 Å². The quantitative estimate of drug-likeness (QED) is 0.559. The van der Waals surface area contributed by atoms with Gasteiger partial charge < -0.3 is 4.90 Å². The summed E-state index contributed by atoms with van der Waals surface area (Å²) in [5.74, 6) is 0. The molecule has 0 atom stereocenters. The van der Waals surface area contributed by atoms with Gasteiger partial charge in [-0.15, -0.1) is 0 Å². The van der Waals surface area contributed by atoms with Crippen LogP contribution in [0.15, 0.2) is 30.5 Å². The largest absolute Gasteiger partial charge is 0.330 e. The van der Waals surface area contributed by atoms with Gasteiger partial charge in [0, 0.05) is 37.8 Å². The molecular formula is C11H11N3O3. The molecule has 0 bridgehead atoms. The summed E-state index contributed by atoms with van der Waals surface area (Å²) >= 11 is 0. The molecule has 17 heavy (non-hydrogen) atoms. The molecule has 0 saturated heterocycles. The predicted molar refractivity (Wildman–Crippen MR) is 63.1 cm³/mol. The number of fused-ring (bicyclic) bond motifs is 1. The van der Waals surface area contributed by atoms with Crippen LogP contribution in [0.1, 0.15) is 0 Å². The maximum absolute atomic E-state index is 11.8. The summed E-state index contributed by atoms with van der Waals surface area (Å²) < 4.78 is 1.46. The zero-order chi connectivity index (χ0) is 12.6. The van der Waals surface area contributed by atoms with Crippen LogP contribution in [0.4, 0.5) is 10.5 Å². The number of hydrogen-bond donors (Lipinski definition) is 0. The highest BCUT2D eigenvalue weighted by molar-refractivity contribution is 5.92. The molecule has 0 aliphatic carbocycles. The fraction of sp³-hybridized carbons (Fsp3) is 0.182. The number of nitro benzene ring substituents is 1. The van der Waals surface area contributed by atoms with E-state index in [0.29, 0.717) is 10.9 Å². The molecule has 2 rings (SSSR count). The van der Waals surface area contributed by atoms with Gasteiger partial charge in [-0.3, -0.25) is 14.7 Å². The van der Waals surface area contributed by atoms with Crippen molar-refractivity contribution in [3.05, 3.63) is 40.6 Å². The van der Waals surface area contributed by atoms with E-state index in [4.69, 9.17) is 0 Å². The van der Waals surface area contributed by atoms with Crippen molar-refractivity contribution in [2.75, 3.05) is 14.1 Å². The summed E-state index contributed by atoms with van der Waals surface area (Å²) in [4.78, 5) is 23.4. The van der Waals surface area contributed by atoms with Crippen LogP contribution in [0.5, 0.6) is 0 Å². The summed E-state index contributed by atoms with van der Waals surface area (Å²) in [6.45, 7) is 0. The van der Waals surface area contributed by atoms with Crippen molar-refractivity contribution in [3.8, 4) is 0 Å². The molecule has 0 unspecified atom stereocenters. The second-order valence-corrected chi connectivity index (χ2v) is 3.86. The Hall–Kier alpha value is -2.37. The van der Waals surface area contributed by atoms with Crippen molar-refractivity contribution in [1.29, 1.82) is 0 Å². The third kappa shape index (κ3) is 1.84. The Morgan fingerprint density at radius 2 is 2.06 bits per heavy atom. The van der Waals surface area contributed by atoms with Crippen LogP contribution in [0, 0.1) is 10.1 Å². The first kappa shape index (κ1) is 11.1. The molecule has 0 aliphatic rings. The highest BCUT2D eigenvalue weighted by Gasteiger charge is 2.13. The lowest BCUT2D eigenvalue weighted by Gasteiger charge is -2.11. The molecule has 2 aromatic rings. The zero-order valence-electron chi connectivity index (χ0n) is 9.45. The summed E-state index contributed by atoms with van der Waals surface area (Å²) in [5, 5.41) is 11.3. The third-order valence-corrected chi connectivity index (χ3v) is 2.47. The van der Waals surface area contributed by atoms with E-state index in [1.807, 2.05) is 0 Å². The molecular weight excluding hydrogens is 222 g/mol. The van der Waals surface area contributed by atoms with E-state index in [1.54, 1.807) is 32.4 Å². The van der Waals surface area contributed by atoms with Crippen LogP contribution in [-0.4, -0.2) is 34.5 Å². The average molecular weight is 233 g/mol. The molecule has 0 spiro atoms. The molecule has 88 valence electrons. The number of aromatic nitrogens is 1. The molecule has 1 aromatic carbocycles. The first-order valence-electron chi connectivity index (χ1n) is 4.98. The SMILES string of the molecule is CN(C)C(=O)n1ccc2cc([N+](=O)[O-])ccc21. The van der Waals surface area contributed by atoms with E-state index in [9.17, 15) is 14.9 Å². The Morgan fingerprint density at radius 3 is 2.65 bits per heavy atom. The van der Waals surface area contributed by atoms with Crippen molar-refractivity contribution < 1.29 is 9.72 Å². The van der Waals surface area contributed by atoms with Gasteiger partial charge in [-0.05, 0) is 12.1 Å². The number of carbonyl (C=O) groups is 1. The Morgan fingerprint density at radius 1 is 1.35 bits per heavy atom. The van der Waals surface area contributed by atoms with Crippen molar-refractivity contribution in [1.82, 2.24) is 9.47 Å². The lowest BCUT2D eigenvalue weighted by Crippen LogP contribution is -2.26. The van der Waals surface area contributed by atoms with Gasteiger partial charge in [0.25, 0.3) is 5.69 Å². The predicted octanol–water partition coefficient (Wildman–Crippen LogP) is 2.08. The minimum Gasteiger partial charge on any atom is -0.330 e. The van der Waals surface area contributed by atoms with Crippen LogP contribution in [-0.2, 0) is 0 Å². The van der Waals surface area contributed by atoms with E-state index < -0.39 is 4.92 Å². The number of amides is 1. The minimum atomic E-state index is -0.454. The smallest absolute Gasteiger partial charge is 0.328 e. The molecule has 0 fully saturated rings. The molecule has 0 radical (unpaired) electrons. The van der Waals surface area contributed by atoms with Gasteiger partial charge in [-0.2, -0.15) is 0 Å². The van der Waals surface area contributed by atoms with Crippen LogP contribution < -0.4 is 0 Å². The highest BCUT2D eigenvalue weighted by Crippen LogP contribution is 2.22. The van der Waals surface area contributed by atoms with Gasteiger partial charge in [-0.25, -0.2) is 4.79 Å². The van der Waals surface area contributed by atoms with E-state index in [1.165, 1.54) is 21.6 Å². The van der Waals surface area contributed by atoms with E-state index in [-0.39, 0.29) is 11.7 Å². The topological polar surface area (TPSA) is 68.4 Å². The van der Waals surface area contributed by atoms with Crippen LogP contribution in [0.2, 0.25) is 0 Å². The number of benzene rings is 1. The second kappa shape index (κ2) is 3.89. The minimum absolute atomic E-state index is 0.0209. The Bertz CT molecular complexity index is 601. The van der Waals surface area contributed by atoms with Crippen molar-refractivity contribution in [3.63, 3.8) is 0 Å². The van der Waals surface area contributed by atoms with Gasteiger partial charge in [0.2, 0.25) is 0 Å². The fourth-order valence-corrected chi connectivity index (χ4v) is 1.63. The molecule has 1 amide bonds. The maximum atomic E-state index is 11.8. The standard InChI is InChI=1S/C11H11N3O3/c1-12(2)11(15)13-6-5-8-7-9(14(16)17)3-4-10(8)13/h3-7H,1-2H3. The summed E-state index contributed by atoms with van der Waals surface area (Å²) in [5.41, 5.74) is 0.682. The number of nitrogens with zero attached hydrogens (tertiary/aromatic N) is 3. The van der Waals surface area contributed by atoms with E-state index >= 15 is 0 Å². The third-order valence-electron chi connectivity index (χ3n) is 2.47. The molecule has 1 aromatic heterocycles. The number of non-ortho nitro benzene ring substituents is 1. The molecule has 1 heterocycles. The zero-order valence-corrected chi connectivity index (χ0v) is 9.45. The molecule has 6 nitrogen and oxygen atoms in total. The molecule has 6 heteroatoms. The maximum Gasteiger partial charge on any atom is 0.328 e. The molecule has 0 N–H and O–H groups in total. The van der Waals surface area contributed by atoms with E-state index in [2.05, 4.69) is 0 Å². The van der Waals surface area contributed by atoms with E-state index in [0.717, 1.165) is 0 Å². The van der Waals surface area contributed by atoms with Crippen LogP contribution in [0.25, 0.3) is 10.9 Å². The summed E-state index contributed by atoms with van der Waals surface area (Å²) in [7, 11) is 3.30. The second-order valence-electron chi connectivity index (χ2n) is 3.86. The van der Waals surface area contributed by atoms with Crippen LogP contribution >= 0.6 is 0 Å². The fourth-order valence-electron chi connectivity index (χ4n) is 1.63. The monoisotopic (exact) mass is 233 g/mol. The number of rotatable bonds is 1.